The van der Waals surface area contributed by atoms with Gasteiger partial charge in [-0.3, -0.25) is 0 Å². The van der Waals surface area contributed by atoms with Crippen LogP contribution in [-0.4, -0.2) is 31.7 Å². The van der Waals surface area contributed by atoms with Crippen molar-refractivity contribution < 1.29 is 8.42 Å². The van der Waals surface area contributed by atoms with Gasteiger partial charge < -0.3 is 5.32 Å². The Labute approximate surface area is 119 Å². The molecule has 0 spiro atoms. The summed E-state index contributed by atoms with van der Waals surface area (Å²) in [5.74, 6) is 2.77. The van der Waals surface area contributed by atoms with Crippen LogP contribution in [0.15, 0.2) is 24.3 Å². The predicted octanol–water partition coefficient (Wildman–Crippen LogP) is 2.14. The number of benzene rings is 1. The van der Waals surface area contributed by atoms with Crippen molar-refractivity contribution in [2.24, 2.45) is 0 Å². The van der Waals surface area contributed by atoms with E-state index in [0.29, 0.717) is 17.5 Å². The molecule has 1 saturated heterocycles. The van der Waals surface area contributed by atoms with Crippen molar-refractivity contribution in [2.45, 2.75) is 30.7 Å². The van der Waals surface area contributed by atoms with E-state index in [1.165, 1.54) is 11.1 Å². The van der Waals surface area contributed by atoms with Crippen molar-refractivity contribution in [1.29, 1.82) is 0 Å². The van der Waals surface area contributed by atoms with Crippen molar-refractivity contribution in [2.75, 3.05) is 17.3 Å². The zero-order valence-corrected chi connectivity index (χ0v) is 12.5. The van der Waals surface area contributed by atoms with Crippen LogP contribution in [0.5, 0.6) is 0 Å². The molecule has 2 heterocycles. The molecule has 0 amide bonds. The Hall–Kier alpha value is -0.520. The van der Waals surface area contributed by atoms with Gasteiger partial charge >= 0.3 is 0 Å². The molecule has 1 aromatic rings. The van der Waals surface area contributed by atoms with Gasteiger partial charge in [0, 0.05) is 23.6 Å². The minimum atomic E-state index is -2.83. The summed E-state index contributed by atoms with van der Waals surface area (Å²) in [4.78, 5) is 0. The first-order chi connectivity index (χ1) is 9.14. The summed E-state index contributed by atoms with van der Waals surface area (Å²) < 4.78 is 23.4. The van der Waals surface area contributed by atoms with Crippen LogP contribution in [0.25, 0.3) is 0 Å². The molecule has 0 bridgehead atoms. The van der Waals surface area contributed by atoms with E-state index in [2.05, 4.69) is 29.6 Å². The molecule has 1 N–H and O–H groups in total. The number of thioether (sulfide) groups is 1. The summed E-state index contributed by atoms with van der Waals surface area (Å²) in [5, 5.41) is 3.57. The van der Waals surface area contributed by atoms with E-state index < -0.39 is 9.84 Å². The first-order valence-corrected chi connectivity index (χ1v) is 9.74. The molecule has 2 aliphatic rings. The first-order valence-electron chi connectivity index (χ1n) is 6.76. The molecule has 5 heteroatoms. The van der Waals surface area contributed by atoms with Gasteiger partial charge in [0.05, 0.1) is 11.5 Å². The molecule has 0 aromatic heterocycles. The lowest BCUT2D eigenvalue weighted by molar-refractivity contribution is 0.438. The van der Waals surface area contributed by atoms with E-state index >= 15 is 0 Å². The third kappa shape index (κ3) is 3.15. The van der Waals surface area contributed by atoms with E-state index in [1.54, 1.807) is 0 Å². The van der Waals surface area contributed by atoms with Crippen LogP contribution in [0.3, 0.4) is 0 Å². The second-order valence-electron chi connectivity index (χ2n) is 5.39. The zero-order valence-electron chi connectivity index (χ0n) is 10.8. The molecular weight excluding hydrogens is 278 g/mol. The van der Waals surface area contributed by atoms with E-state index in [4.69, 9.17) is 0 Å². The topological polar surface area (TPSA) is 46.2 Å². The van der Waals surface area contributed by atoms with Crippen LogP contribution in [0, 0.1) is 0 Å². The average molecular weight is 297 g/mol. The maximum Gasteiger partial charge on any atom is 0.151 e. The fourth-order valence-electron chi connectivity index (χ4n) is 2.96. The summed E-state index contributed by atoms with van der Waals surface area (Å²) in [6.07, 6.45) is 1.77. The van der Waals surface area contributed by atoms with Crippen LogP contribution < -0.4 is 5.32 Å². The van der Waals surface area contributed by atoms with Gasteiger partial charge in [-0.1, -0.05) is 24.3 Å². The normalized spacial score (nSPS) is 29.7. The molecule has 2 unspecified atom stereocenters. The maximum atomic E-state index is 11.7. The largest absolute Gasteiger partial charge is 0.305 e. The van der Waals surface area contributed by atoms with Crippen molar-refractivity contribution in [1.82, 2.24) is 5.32 Å². The van der Waals surface area contributed by atoms with Gasteiger partial charge in [0.15, 0.2) is 9.84 Å². The number of nitrogens with one attached hydrogen (secondary N) is 1. The Morgan fingerprint density at radius 1 is 1.26 bits per heavy atom. The Balaban J connectivity index is 1.74. The lowest BCUT2D eigenvalue weighted by atomic mass is 10.0. The van der Waals surface area contributed by atoms with E-state index in [9.17, 15) is 8.42 Å². The van der Waals surface area contributed by atoms with Gasteiger partial charge in [-0.05, 0) is 24.0 Å². The molecule has 19 heavy (non-hydrogen) atoms. The van der Waals surface area contributed by atoms with Gasteiger partial charge in [-0.25, -0.2) is 8.42 Å². The van der Waals surface area contributed by atoms with Crippen LogP contribution in [0.2, 0.25) is 0 Å². The van der Waals surface area contributed by atoms with E-state index in [1.807, 2.05) is 11.8 Å². The molecule has 2 atom stereocenters. The van der Waals surface area contributed by atoms with Crippen LogP contribution in [-0.2, 0) is 15.6 Å². The predicted molar refractivity (Wildman–Crippen MR) is 80.2 cm³/mol. The van der Waals surface area contributed by atoms with Crippen molar-refractivity contribution in [3.63, 3.8) is 0 Å². The van der Waals surface area contributed by atoms with Crippen molar-refractivity contribution in [3.8, 4) is 0 Å². The third-order valence-electron chi connectivity index (χ3n) is 3.87. The van der Waals surface area contributed by atoms with Gasteiger partial charge in [-0.15, -0.1) is 0 Å². The second-order valence-corrected chi connectivity index (χ2v) is 8.65. The minimum Gasteiger partial charge on any atom is -0.305 e. The highest BCUT2D eigenvalue weighted by molar-refractivity contribution is 7.98. The van der Waals surface area contributed by atoms with Crippen LogP contribution >= 0.6 is 11.8 Å². The van der Waals surface area contributed by atoms with E-state index in [-0.39, 0.29) is 6.04 Å². The highest BCUT2D eigenvalue weighted by Crippen LogP contribution is 2.32. The second kappa shape index (κ2) is 5.46. The Morgan fingerprint density at radius 3 is 2.95 bits per heavy atom. The molecular formula is C14H19NO2S2. The number of rotatable bonds is 2. The molecule has 1 fully saturated rings. The Kier molecular flexibility index (Phi) is 3.87. The van der Waals surface area contributed by atoms with Gasteiger partial charge in [0.25, 0.3) is 0 Å². The summed E-state index contributed by atoms with van der Waals surface area (Å²) >= 11 is 1.92. The smallest absolute Gasteiger partial charge is 0.151 e. The standard InChI is InChI=1S/C14H19NO2S2/c16-19(17)7-3-5-12(10-19)15-14-9-18-8-11-4-1-2-6-13(11)14/h1-2,4,6,12,14-15H,3,5,7-10H2. The molecule has 3 nitrogen and oxygen atoms in total. The summed E-state index contributed by atoms with van der Waals surface area (Å²) in [5.41, 5.74) is 2.74. The molecule has 104 valence electrons. The van der Waals surface area contributed by atoms with Crippen LogP contribution in [0.4, 0.5) is 0 Å². The first kappa shape index (κ1) is 13.5. The average Bonchev–Trinajstić information content (AvgIpc) is 2.38. The van der Waals surface area contributed by atoms with Crippen molar-refractivity contribution in [3.05, 3.63) is 35.4 Å². The summed E-state index contributed by atoms with van der Waals surface area (Å²) in [6.45, 7) is 0. The quantitative estimate of drug-likeness (QED) is 0.908. The lowest BCUT2D eigenvalue weighted by Crippen LogP contribution is -2.43. The highest BCUT2D eigenvalue weighted by atomic mass is 32.2. The summed E-state index contributed by atoms with van der Waals surface area (Å²) in [6, 6.07) is 8.91. The molecule has 0 aliphatic carbocycles. The zero-order chi connectivity index (χ0) is 13.3. The lowest BCUT2D eigenvalue weighted by Gasteiger charge is -2.32. The SMILES string of the molecule is O=S1(=O)CCCC(NC2CSCc3ccccc32)C1. The third-order valence-corrected chi connectivity index (χ3v) is 6.78. The van der Waals surface area contributed by atoms with Gasteiger partial charge in [-0.2, -0.15) is 11.8 Å². The highest BCUT2D eigenvalue weighted by Gasteiger charge is 2.28. The number of sulfone groups is 1. The minimum absolute atomic E-state index is 0.121. The fourth-order valence-corrected chi connectivity index (χ4v) is 5.72. The number of hydrogen-bond donors (Lipinski definition) is 1. The molecule has 1 aromatic carbocycles. The summed E-state index contributed by atoms with van der Waals surface area (Å²) in [7, 11) is -2.83. The van der Waals surface area contributed by atoms with Crippen molar-refractivity contribution >= 4 is 21.6 Å². The molecule has 3 rings (SSSR count). The Morgan fingerprint density at radius 2 is 2.11 bits per heavy atom. The van der Waals surface area contributed by atoms with Gasteiger partial charge in [0.2, 0.25) is 0 Å². The van der Waals surface area contributed by atoms with E-state index in [0.717, 1.165) is 24.3 Å². The monoisotopic (exact) mass is 297 g/mol. The van der Waals surface area contributed by atoms with Crippen LogP contribution in [0.1, 0.15) is 30.0 Å². The Bertz CT molecular complexity index is 556. The van der Waals surface area contributed by atoms with Gasteiger partial charge in [0.1, 0.15) is 0 Å². The number of hydrogen-bond acceptors (Lipinski definition) is 4. The molecule has 0 saturated carbocycles. The molecule has 2 aliphatic heterocycles. The maximum absolute atomic E-state index is 11.7. The number of fused-ring (bicyclic) bond motifs is 1. The fraction of sp³-hybridized carbons (Fsp3) is 0.571. The molecule has 0 radical (unpaired) electrons.